The van der Waals surface area contributed by atoms with Crippen LogP contribution in [0.3, 0.4) is 0 Å². The summed E-state index contributed by atoms with van der Waals surface area (Å²) < 4.78 is 5.20. The Kier molecular flexibility index (Phi) is 16.2. The Morgan fingerprint density at radius 3 is 1.96 bits per heavy atom. The van der Waals surface area contributed by atoms with Crippen LogP contribution in [0.1, 0.15) is 59.8 Å². The molecule has 0 saturated carbocycles. The summed E-state index contributed by atoms with van der Waals surface area (Å²) in [5.74, 6) is -0.127. The van der Waals surface area contributed by atoms with E-state index in [1.165, 1.54) is 16.7 Å². The number of allylic oxidation sites excluding steroid dienone is 5. The summed E-state index contributed by atoms with van der Waals surface area (Å²) in [7, 11) is 3.90. The molecule has 0 aromatic carbocycles. The molecule has 0 atom stereocenters. The Morgan fingerprint density at radius 2 is 1.42 bits per heavy atom. The fraction of sp³-hybridized carbons (Fsp3) is 0.650. The van der Waals surface area contributed by atoms with Gasteiger partial charge < -0.3 is 9.64 Å². The van der Waals surface area contributed by atoms with Crippen molar-refractivity contribution in [2.75, 3.05) is 27.2 Å². The van der Waals surface area contributed by atoms with Gasteiger partial charge in [-0.15, -0.1) is 12.4 Å². The van der Waals surface area contributed by atoms with E-state index in [0.29, 0.717) is 13.0 Å². The fourth-order valence-electron chi connectivity index (χ4n) is 2.00. The molecule has 0 amide bonds. The highest BCUT2D eigenvalue weighted by atomic mass is 35.5. The molecule has 0 bridgehead atoms. The number of esters is 1. The van der Waals surface area contributed by atoms with Crippen LogP contribution < -0.4 is 0 Å². The minimum atomic E-state index is -0.127. The van der Waals surface area contributed by atoms with Crippen molar-refractivity contribution < 1.29 is 9.53 Å². The van der Waals surface area contributed by atoms with Crippen molar-refractivity contribution in [3.05, 3.63) is 34.9 Å². The van der Waals surface area contributed by atoms with Gasteiger partial charge in [-0.25, -0.2) is 0 Å². The van der Waals surface area contributed by atoms with Gasteiger partial charge in [-0.05, 0) is 73.5 Å². The summed E-state index contributed by atoms with van der Waals surface area (Å²) in [6.45, 7) is 9.70. The number of hydrogen-bond acceptors (Lipinski definition) is 3. The molecule has 0 N–H and O–H groups in total. The molecule has 140 valence electrons. The summed E-state index contributed by atoms with van der Waals surface area (Å²) in [6.07, 6.45) is 11.4. The van der Waals surface area contributed by atoms with Crippen molar-refractivity contribution in [1.82, 2.24) is 4.90 Å². The van der Waals surface area contributed by atoms with E-state index < -0.39 is 0 Å². The second-order valence-electron chi connectivity index (χ2n) is 6.70. The van der Waals surface area contributed by atoms with Gasteiger partial charge in [0.25, 0.3) is 0 Å². The van der Waals surface area contributed by atoms with Crippen molar-refractivity contribution in [2.24, 2.45) is 0 Å². The first-order valence-electron chi connectivity index (χ1n) is 8.56. The van der Waals surface area contributed by atoms with Gasteiger partial charge in [-0.1, -0.05) is 28.9 Å². The molecular weight excluding hydrogens is 322 g/mol. The fourth-order valence-corrected chi connectivity index (χ4v) is 2.00. The Hall–Kier alpha value is -1.06. The molecule has 0 radical (unpaired) electrons. The quantitative estimate of drug-likeness (QED) is 0.370. The van der Waals surface area contributed by atoms with E-state index in [-0.39, 0.29) is 18.4 Å². The van der Waals surface area contributed by atoms with Gasteiger partial charge in [0.15, 0.2) is 0 Å². The van der Waals surface area contributed by atoms with Gasteiger partial charge in [0.05, 0.1) is 6.42 Å². The topological polar surface area (TPSA) is 29.5 Å². The Morgan fingerprint density at radius 1 is 0.875 bits per heavy atom. The van der Waals surface area contributed by atoms with E-state index >= 15 is 0 Å². The summed E-state index contributed by atoms with van der Waals surface area (Å²) in [5, 5.41) is 0. The predicted molar refractivity (Wildman–Crippen MR) is 107 cm³/mol. The summed E-state index contributed by atoms with van der Waals surface area (Å²) >= 11 is 0. The molecule has 4 heteroatoms. The average molecular weight is 358 g/mol. The molecular formula is C20H36ClNO2. The first-order valence-corrected chi connectivity index (χ1v) is 8.56. The van der Waals surface area contributed by atoms with Crippen molar-refractivity contribution >= 4 is 18.4 Å². The minimum absolute atomic E-state index is 0. The van der Waals surface area contributed by atoms with E-state index in [1.54, 1.807) is 0 Å². The lowest BCUT2D eigenvalue weighted by Gasteiger charge is -2.08. The lowest BCUT2D eigenvalue weighted by atomic mass is 10.1. The highest BCUT2D eigenvalue weighted by Gasteiger charge is 2.02. The lowest BCUT2D eigenvalue weighted by molar-refractivity contribution is -0.142. The maximum absolute atomic E-state index is 11.5. The molecule has 0 saturated heterocycles. The first-order chi connectivity index (χ1) is 10.8. The second-order valence-corrected chi connectivity index (χ2v) is 6.70. The number of hydrogen-bond donors (Lipinski definition) is 0. The Labute approximate surface area is 155 Å². The largest absolute Gasteiger partial charge is 0.461 e. The second kappa shape index (κ2) is 15.5. The molecule has 0 aromatic heterocycles. The molecule has 0 spiro atoms. The third kappa shape index (κ3) is 17.3. The zero-order chi connectivity index (χ0) is 17.7. The van der Waals surface area contributed by atoms with Gasteiger partial charge >= 0.3 is 5.97 Å². The van der Waals surface area contributed by atoms with E-state index in [2.05, 4.69) is 39.8 Å². The van der Waals surface area contributed by atoms with Crippen molar-refractivity contribution in [3.63, 3.8) is 0 Å². The van der Waals surface area contributed by atoms with E-state index in [4.69, 9.17) is 4.74 Å². The molecule has 0 aliphatic heterocycles. The summed E-state index contributed by atoms with van der Waals surface area (Å²) in [6, 6.07) is 0. The molecule has 0 aliphatic carbocycles. The van der Waals surface area contributed by atoms with Crippen LogP contribution in [0.5, 0.6) is 0 Å². The van der Waals surface area contributed by atoms with Gasteiger partial charge in [0.2, 0.25) is 0 Å². The Bertz CT molecular complexity index is 433. The third-order valence-corrected chi connectivity index (χ3v) is 3.56. The van der Waals surface area contributed by atoms with Gasteiger partial charge in [0.1, 0.15) is 6.61 Å². The average Bonchev–Trinajstić information content (AvgIpc) is 2.44. The van der Waals surface area contributed by atoms with Crippen LogP contribution in [0.4, 0.5) is 0 Å². The predicted octanol–water partition coefficient (Wildman–Crippen LogP) is 5.32. The smallest absolute Gasteiger partial charge is 0.307 e. The van der Waals surface area contributed by atoms with Gasteiger partial charge in [-0.3, -0.25) is 4.79 Å². The standard InChI is InChI=1S/C20H35NO2.ClH/c1-17(2)9-7-10-18(3)11-8-12-19(4)14-16-23-20(22)13-15-21(5)6;/h9,11,14H,7-8,10,12-13,15-16H2,1-6H3;1H. The van der Waals surface area contributed by atoms with Crippen molar-refractivity contribution in [2.45, 2.75) is 59.8 Å². The molecule has 0 aliphatic rings. The lowest BCUT2D eigenvalue weighted by Crippen LogP contribution is -2.18. The molecule has 0 aromatic rings. The number of ether oxygens (including phenoxy) is 1. The van der Waals surface area contributed by atoms with E-state index in [0.717, 1.165) is 32.2 Å². The van der Waals surface area contributed by atoms with Crippen LogP contribution >= 0.6 is 12.4 Å². The molecule has 24 heavy (non-hydrogen) atoms. The normalized spacial score (nSPS) is 12.0. The molecule has 0 unspecified atom stereocenters. The van der Waals surface area contributed by atoms with E-state index in [1.807, 2.05) is 25.1 Å². The highest BCUT2D eigenvalue weighted by molar-refractivity contribution is 5.85. The number of nitrogens with zero attached hydrogens (tertiary/aromatic N) is 1. The Balaban J connectivity index is 0. The maximum atomic E-state index is 11.5. The summed E-state index contributed by atoms with van der Waals surface area (Å²) in [5.41, 5.74) is 4.11. The van der Waals surface area contributed by atoms with Crippen LogP contribution in [0.25, 0.3) is 0 Å². The number of rotatable bonds is 11. The van der Waals surface area contributed by atoms with Crippen molar-refractivity contribution in [1.29, 1.82) is 0 Å². The number of halogens is 1. The van der Waals surface area contributed by atoms with Crippen LogP contribution in [0.2, 0.25) is 0 Å². The van der Waals surface area contributed by atoms with Crippen LogP contribution in [-0.2, 0) is 9.53 Å². The minimum Gasteiger partial charge on any atom is -0.461 e. The van der Waals surface area contributed by atoms with Crippen molar-refractivity contribution in [3.8, 4) is 0 Å². The zero-order valence-electron chi connectivity index (χ0n) is 16.4. The van der Waals surface area contributed by atoms with Gasteiger partial charge in [-0.2, -0.15) is 0 Å². The monoisotopic (exact) mass is 357 g/mol. The molecule has 0 heterocycles. The van der Waals surface area contributed by atoms with Gasteiger partial charge in [0, 0.05) is 6.54 Å². The van der Waals surface area contributed by atoms with E-state index in [9.17, 15) is 4.79 Å². The summed E-state index contributed by atoms with van der Waals surface area (Å²) in [4.78, 5) is 13.5. The van der Waals surface area contributed by atoms with Crippen LogP contribution in [0, 0.1) is 0 Å². The zero-order valence-corrected chi connectivity index (χ0v) is 17.2. The number of carbonyl (C=O) groups is 1. The van der Waals surface area contributed by atoms with Crippen LogP contribution in [-0.4, -0.2) is 38.1 Å². The maximum Gasteiger partial charge on any atom is 0.307 e. The highest BCUT2D eigenvalue weighted by Crippen LogP contribution is 2.11. The number of carbonyl (C=O) groups excluding carboxylic acids is 1. The first kappa shape index (κ1) is 25.2. The molecule has 0 rings (SSSR count). The molecule has 0 fully saturated rings. The SMILES string of the molecule is CC(C)=CCCC(C)=CCCC(C)=CCOC(=O)CCN(C)C.Cl. The third-order valence-electron chi connectivity index (χ3n) is 3.56. The molecule has 3 nitrogen and oxygen atoms in total. The van der Waals surface area contributed by atoms with Crippen LogP contribution in [0.15, 0.2) is 34.9 Å².